The molecule has 0 aliphatic heterocycles. The number of nitrogens with zero attached hydrogens (tertiary/aromatic N) is 1. The van der Waals surface area contributed by atoms with Gasteiger partial charge in [0.05, 0.1) is 11.6 Å². The molecule has 6 rings (SSSR count). The second-order valence-corrected chi connectivity index (χ2v) is 10.1. The predicted octanol–water partition coefficient (Wildman–Crippen LogP) is 5.12. The zero-order chi connectivity index (χ0) is 17.8. The fourth-order valence-corrected chi connectivity index (χ4v) is 7.24. The third kappa shape index (κ3) is 2.81. The Morgan fingerprint density at radius 3 is 2.62 bits per heavy atom. The van der Waals surface area contributed by atoms with Gasteiger partial charge in [0.1, 0.15) is 0 Å². The topological polar surface area (TPSA) is 52.3 Å². The third-order valence-electron chi connectivity index (χ3n) is 6.36. The van der Waals surface area contributed by atoms with E-state index in [4.69, 9.17) is 9.15 Å². The average Bonchev–Trinajstić information content (AvgIpc) is 3.07. The van der Waals surface area contributed by atoms with Crippen LogP contribution in [0.3, 0.4) is 0 Å². The van der Waals surface area contributed by atoms with Gasteiger partial charge in [-0.3, -0.25) is 4.79 Å². The number of benzene rings is 1. The van der Waals surface area contributed by atoms with Crippen LogP contribution in [-0.2, 0) is 16.1 Å². The highest BCUT2D eigenvalue weighted by atomic mass is 79.9. The lowest BCUT2D eigenvalue weighted by atomic mass is 9.49. The Morgan fingerprint density at radius 2 is 1.92 bits per heavy atom. The van der Waals surface area contributed by atoms with Crippen LogP contribution >= 0.6 is 15.9 Å². The number of halogens is 1. The molecule has 5 heteroatoms. The number of ether oxygens (including phenoxy) is 1. The summed E-state index contributed by atoms with van der Waals surface area (Å²) in [5.74, 6) is 2.42. The first kappa shape index (κ1) is 16.5. The fraction of sp³-hybridized carbons (Fsp3) is 0.524. The van der Waals surface area contributed by atoms with Gasteiger partial charge in [0.15, 0.2) is 12.4 Å². The second-order valence-electron chi connectivity index (χ2n) is 8.45. The molecule has 136 valence electrons. The molecule has 0 radical (unpaired) electrons. The average molecular weight is 416 g/mol. The van der Waals surface area contributed by atoms with E-state index in [0.717, 1.165) is 24.8 Å². The monoisotopic (exact) mass is 415 g/mol. The highest BCUT2D eigenvalue weighted by Gasteiger charge is 2.60. The van der Waals surface area contributed by atoms with Crippen molar-refractivity contribution in [1.29, 1.82) is 0 Å². The fourth-order valence-electron chi connectivity index (χ4n) is 5.78. The van der Waals surface area contributed by atoms with Crippen molar-refractivity contribution in [2.45, 2.75) is 49.5 Å². The minimum absolute atomic E-state index is 0.0603. The number of carbonyl (C=O) groups excluding carboxylic acids is 1. The Kier molecular flexibility index (Phi) is 3.78. The van der Waals surface area contributed by atoms with Crippen molar-refractivity contribution < 1.29 is 13.9 Å². The van der Waals surface area contributed by atoms with Crippen LogP contribution in [0, 0.1) is 17.3 Å². The lowest BCUT2D eigenvalue weighted by molar-refractivity contribution is -0.171. The molecule has 4 nitrogen and oxygen atoms in total. The van der Waals surface area contributed by atoms with Gasteiger partial charge in [0.25, 0.3) is 0 Å². The van der Waals surface area contributed by atoms with Crippen molar-refractivity contribution in [2.24, 2.45) is 17.3 Å². The molecule has 4 aliphatic rings. The van der Waals surface area contributed by atoms with Gasteiger partial charge in [-0.2, -0.15) is 0 Å². The van der Waals surface area contributed by atoms with E-state index in [1.807, 2.05) is 30.3 Å². The minimum atomic E-state index is -0.303. The molecule has 4 atom stereocenters. The van der Waals surface area contributed by atoms with Crippen molar-refractivity contribution >= 4 is 21.9 Å². The van der Waals surface area contributed by atoms with Crippen molar-refractivity contribution in [1.82, 2.24) is 4.98 Å². The number of esters is 1. The SMILES string of the molecule is O=C(OCc1ncc(-c2ccccc2)o1)C12C[C@@H]3C[C@@H](CC(Br)(C3)C1)C2. The van der Waals surface area contributed by atoms with E-state index in [1.54, 1.807) is 6.20 Å². The molecule has 2 unspecified atom stereocenters. The Labute approximate surface area is 161 Å². The van der Waals surface area contributed by atoms with E-state index in [-0.39, 0.29) is 22.3 Å². The Morgan fingerprint density at radius 1 is 1.19 bits per heavy atom. The molecule has 0 N–H and O–H groups in total. The van der Waals surface area contributed by atoms with E-state index >= 15 is 0 Å². The third-order valence-corrected chi connectivity index (χ3v) is 7.29. The van der Waals surface area contributed by atoms with Crippen LogP contribution in [-0.4, -0.2) is 15.3 Å². The lowest BCUT2D eigenvalue weighted by Crippen LogP contribution is -2.56. The molecular formula is C21H22BrNO3. The molecule has 1 aromatic heterocycles. The van der Waals surface area contributed by atoms with Crippen LogP contribution in [0.25, 0.3) is 11.3 Å². The van der Waals surface area contributed by atoms with Crippen LogP contribution in [0.4, 0.5) is 0 Å². The summed E-state index contributed by atoms with van der Waals surface area (Å²) in [7, 11) is 0. The maximum atomic E-state index is 13.0. The van der Waals surface area contributed by atoms with Crippen molar-refractivity contribution in [3.63, 3.8) is 0 Å². The molecule has 1 aromatic carbocycles. The number of alkyl halides is 1. The standard InChI is InChI=1S/C21H22BrNO3/c22-21-9-14-6-15(10-21)8-20(7-14,13-21)19(24)25-12-18-23-11-17(26-18)16-4-2-1-3-5-16/h1-5,11,14-15H,6-10,12-13H2/t14-,15+,20?,21?. The molecule has 4 fully saturated rings. The number of hydrogen-bond acceptors (Lipinski definition) is 4. The van der Waals surface area contributed by atoms with E-state index in [9.17, 15) is 4.79 Å². The number of aromatic nitrogens is 1. The molecule has 2 aromatic rings. The van der Waals surface area contributed by atoms with Crippen molar-refractivity contribution in [2.75, 3.05) is 0 Å². The largest absolute Gasteiger partial charge is 0.455 e. The van der Waals surface area contributed by atoms with Crippen LogP contribution in [0.1, 0.15) is 44.4 Å². The summed E-state index contributed by atoms with van der Waals surface area (Å²) in [6, 6.07) is 9.83. The summed E-state index contributed by atoms with van der Waals surface area (Å²) in [6.07, 6.45) is 8.26. The number of rotatable bonds is 4. The van der Waals surface area contributed by atoms with E-state index < -0.39 is 0 Å². The van der Waals surface area contributed by atoms with Crippen molar-refractivity contribution in [3.05, 3.63) is 42.4 Å². The van der Waals surface area contributed by atoms with Crippen LogP contribution < -0.4 is 0 Å². The minimum Gasteiger partial charge on any atom is -0.455 e. The smallest absolute Gasteiger partial charge is 0.312 e. The molecule has 4 saturated carbocycles. The summed E-state index contributed by atoms with van der Waals surface area (Å²) in [4.78, 5) is 17.2. The predicted molar refractivity (Wildman–Crippen MR) is 101 cm³/mol. The molecule has 1 heterocycles. The van der Waals surface area contributed by atoms with Gasteiger partial charge < -0.3 is 9.15 Å². The maximum absolute atomic E-state index is 13.0. The summed E-state index contributed by atoms with van der Waals surface area (Å²) in [6.45, 7) is 0.109. The molecule has 0 amide bonds. The second kappa shape index (κ2) is 5.95. The normalized spacial score (nSPS) is 34.8. The highest BCUT2D eigenvalue weighted by Crippen LogP contribution is 2.64. The van der Waals surface area contributed by atoms with Crippen LogP contribution in [0.15, 0.2) is 40.9 Å². The highest BCUT2D eigenvalue weighted by molar-refractivity contribution is 9.10. The Bertz CT molecular complexity index is 817. The number of oxazole rings is 1. The lowest BCUT2D eigenvalue weighted by Gasteiger charge is -2.58. The van der Waals surface area contributed by atoms with Gasteiger partial charge in [0, 0.05) is 9.89 Å². The summed E-state index contributed by atoms with van der Waals surface area (Å²) >= 11 is 3.95. The Balaban J connectivity index is 1.28. The van der Waals surface area contributed by atoms with Crippen LogP contribution in [0.2, 0.25) is 0 Å². The summed E-state index contributed by atoms with van der Waals surface area (Å²) in [5.41, 5.74) is 0.669. The van der Waals surface area contributed by atoms with E-state index in [2.05, 4.69) is 20.9 Å². The van der Waals surface area contributed by atoms with Gasteiger partial charge in [-0.05, 0) is 50.4 Å². The van der Waals surface area contributed by atoms with Crippen LogP contribution in [0.5, 0.6) is 0 Å². The molecule has 4 aliphatic carbocycles. The zero-order valence-electron chi connectivity index (χ0n) is 14.6. The number of carbonyl (C=O) groups is 1. The molecular weight excluding hydrogens is 394 g/mol. The molecule has 0 spiro atoms. The van der Waals surface area contributed by atoms with Gasteiger partial charge >= 0.3 is 5.97 Å². The molecule has 4 bridgehead atoms. The summed E-state index contributed by atoms with van der Waals surface area (Å²) < 4.78 is 11.6. The first-order valence-corrected chi connectivity index (χ1v) is 10.2. The van der Waals surface area contributed by atoms with E-state index in [1.165, 1.54) is 19.3 Å². The molecule has 26 heavy (non-hydrogen) atoms. The molecule has 0 saturated heterocycles. The first-order valence-electron chi connectivity index (χ1n) is 9.40. The quantitative estimate of drug-likeness (QED) is 0.513. The first-order chi connectivity index (χ1) is 12.5. The van der Waals surface area contributed by atoms with Gasteiger partial charge in [-0.15, -0.1) is 0 Å². The Hall–Kier alpha value is -1.62. The maximum Gasteiger partial charge on any atom is 0.312 e. The van der Waals surface area contributed by atoms with Gasteiger partial charge in [-0.25, -0.2) is 4.98 Å². The van der Waals surface area contributed by atoms with Gasteiger partial charge in [0.2, 0.25) is 5.89 Å². The summed E-state index contributed by atoms with van der Waals surface area (Å²) in [5, 5.41) is 0. The zero-order valence-corrected chi connectivity index (χ0v) is 16.2. The van der Waals surface area contributed by atoms with Gasteiger partial charge in [-0.1, -0.05) is 46.3 Å². The van der Waals surface area contributed by atoms with Crippen molar-refractivity contribution in [3.8, 4) is 11.3 Å². The number of hydrogen-bond donors (Lipinski definition) is 0. The van der Waals surface area contributed by atoms with E-state index in [0.29, 0.717) is 23.5 Å².